The minimum Gasteiger partial charge on any atom is -0.292 e. The fraction of sp³-hybridized carbons (Fsp3) is 0.818. The molecule has 0 bridgehead atoms. The largest absolute Gasteiger partial charge is 0.292 e. The Morgan fingerprint density at radius 2 is 2.31 bits per heavy atom. The summed E-state index contributed by atoms with van der Waals surface area (Å²) in [5, 5.41) is 4.10. The Morgan fingerprint density at radius 3 is 3.00 bits per heavy atom. The van der Waals surface area contributed by atoms with Crippen LogP contribution in [0.4, 0.5) is 0 Å². The lowest BCUT2D eigenvalue weighted by Gasteiger charge is -2.27. The summed E-state index contributed by atoms with van der Waals surface area (Å²) in [6.45, 7) is 2.00. The third kappa shape index (κ3) is 2.74. The van der Waals surface area contributed by atoms with E-state index < -0.39 is 0 Å². The van der Waals surface area contributed by atoms with Crippen LogP contribution in [-0.4, -0.2) is 38.1 Å². The number of likely N-dealkylation sites (tertiary alicyclic amines) is 1. The number of rotatable bonds is 3. The van der Waals surface area contributed by atoms with E-state index >= 15 is 0 Å². The Kier molecular flexibility index (Phi) is 4.18. The Labute approximate surface area is 102 Å². The molecule has 0 N–H and O–H groups in total. The lowest BCUT2D eigenvalue weighted by atomic mass is 10.1. The van der Waals surface area contributed by atoms with Crippen LogP contribution in [0.3, 0.4) is 0 Å². The summed E-state index contributed by atoms with van der Waals surface area (Å²) in [5.74, 6) is 1.75. The smallest absolute Gasteiger partial charge is 0.140 e. The highest BCUT2D eigenvalue weighted by atomic mass is 35.5. The van der Waals surface area contributed by atoms with Crippen LogP contribution in [0.25, 0.3) is 0 Å². The summed E-state index contributed by atoms with van der Waals surface area (Å²) >= 11 is 6.04. The topological polar surface area (TPSA) is 34.0 Å². The Morgan fingerprint density at radius 1 is 1.44 bits per heavy atom. The van der Waals surface area contributed by atoms with E-state index in [0.29, 0.717) is 6.04 Å². The van der Waals surface area contributed by atoms with Crippen molar-refractivity contribution in [1.29, 1.82) is 0 Å². The van der Waals surface area contributed by atoms with Gasteiger partial charge in [-0.15, -0.1) is 11.6 Å². The molecule has 1 aromatic heterocycles. The third-order valence-corrected chi connectivity index (χ3v) is 3.68. The van der Waals surface area contributed by atoms with Crippen LogP contribution in [0.1, 0.15) is 31.5 Å². The molecule has 1 unspecified atom stereocenters. The Balaban J connectivity index is 2.03. The number of aromatic nitrogens is 3. The number of halogens is 1. The molecule has 90 valence electrons. The molecular formula is C11H19ClN4. The van der Waals surface area contributed by atoms with Crippen molar-refractivity contribution >= 4 is 11.6 Å². The lowest BCUT2D eigenvalue weighted by molar-refractivity contribution is 0.199. The summed E-state index contributed by atoms with van der Waals surface area (Å²) in [5.41, 5.74) is 0. The molecule has 0 aromatic carbocycles. The Hall–Kier alpha value is -0.610. The highest BCUT2D eigenvalue weighted by Gasteiger charge is 2.21. The SMILES string of the molecule is Cn1ncnc1CN1CCCCCC1CCl. The number of hydrogen-bond acceptors (Lipinski definition) is 3. The minimum atomic E-state index is 0.501. The molecule has 4 nitrogen and oxygen atoms in total. The van der Waals surface area contributed by atoms with Crippen LogP contribution < -0.4 is 0 Å². The third-order valence-electron chi connectivity index (χ3n) is 3.33. The molecule has 1 atom stereocenters. The second-order valence-electron chi connectivity index (χ2n) is 4.43. The first-order valence-corrected chi connectivity index (χ1v) is 6.47. The van der Waals surface area contributed by atoms with Crippen molar-refractivity contribution in [3.05, 3.63) is 12.2 Å². The fourth-order valence-corrected chi connectivity index (χ4v) is 2.61. The van der Waals surface area contributed by atoms with E-state index in [-0.39, 0.29) is 0 Å². The van der Waals surface area contributed by atoms with E-state index in [9.17, 15) is 0 Å². The normalized spacial score (nSPS) is 23.2. The molecule has 16 heavy (non-hydrogen) atoms. The molecule has 0 amide bonds. The molecule has 0 spiro atoms. The fourth-order valence-electron chi connectivity index (χ4n) is 2.26. The van der Waals surface area contributed by atoms with Gasteiger partial charge in [0.1, 0.15) is 12.2 Å². The summed E-state index contributed by atoms with van der Waals surface area (Å²) < 4.78 is 1.84. The van der Waals surface area contributed by atoms with Gasteiger partial charge >= 0.3 is 0 Å². The Bertz CT molecular complexity index is 326. The number of aryl methyl sites for hydroxylation is 1. The summed E-state index contributed by atoms with van der Waals surface area (Å²) in [4.78, 5) is 6.72. The molecule has 0 aliphatic carbocycles. The predicted octanol–water partition coefficient (Wildman–Crippen LogP) is 1.80. The van der Waals surface area contributed by atoms with Crippen molar-refractivity contribution in [2.24, 2.45) is 7.05 Å². The molecule has 2 heterocycles. The highest BCUT2D eigenvalue weighted by molar-refractivity contribution is 6.18. The average Bonchev–Trinajstić information content (AvgIpc) is 2.56. The first kappa shape index (κ1) is 11.9. The zero-order valence-corrected chi connectivity index (χ0v) is 10.5. The van der Waals surface area contributed by atoms with Gasteiger partial charge in [-0.05, 0) is 19.4 Å². The van der Waals surface area contributed by atoms with Crippen molar-refractivity contribution in [3.8, 4) is 0 Å². The van der Waals surface area contributed by atoms with Gasteiger partial charge in [-0.25, -0.2) is 4.98 Å². The van der Waals surface area contributed by atoms with Gasteiger partial charge < -0.3 is 0 Å². The zero-order chi connectivity index (χ0) is 11.4. The minimum absolute atomic E-state index is 0.501. The molecule has 5 heteroatoms. The van der Waals surface area contributed by atoms with Gasteiger partial charge in [0.05, 0.1) is 6.54 Å². The van der Waals surface area contributed by atoms with E-state index in [4.69, 9.17) is 11.6 Å². The van der Waals surface area contributed by atoms with E-state index in [0.717, 1.165) is 24.8 Å². The van der Waals surface area contributed by atoms with Crippen molar-refractivity contribution < 1.29 is 0 Å². The second kappa shape index (κ2) is 5.64. The van der Waals surface area contributed by atoms with Crippen molar-refractivity contribution in [2.75, 3.05) is 12.4 Å². The van der Waals surface area contributed by atoms with Gasteiger partial charge in [-0.2, -0.15) is 5.10 Å². The molecule has 1 aromatic rings. The van der Waals surface area contributed by atoms with Gasteiger partial charge in [0.2, 0.25) is 0 Å². The molecule has 0 saturated carbocycles. The predicted molar refractivity (Wildman–Crippen MR) is 64.4 cm³/mol. The maximum atomic E-state index is 6.04. The zero-order valence-electron chi connectivity index (χ0n) is 9.77. The first-order valence-electron chi connectivity index (χ1n) is 5.94. The lowest BCUT2D eigenvalue weighted by Crippen LogP contribution is -2.36. The standard InChI is InChI=1S/C11H19ClN4/c1-15-11(13-9-14-15)8-16-6-4-2-3-5-10(16)7-12/h9-10H,2-8H2,1H3. The van der Waals surface area contributed by atoms with Gasteiger partial charge in [-0.3, -0.25) is 9.58 Å². The highest BCUT2D eigenvalue weighted by Crippen LogP contribution is 2.19. The van der Waals surface area contributed by atoms with Gasteiger partial charge in [0.25, 0.3) is 0 Å². The molecule has 1 aliphatic rings. The van der Waals surface area contributed by atoms with Crippen LogP contribution in [0, 0.1) is 0 Å². The van der Waals surface area contributed by atoms with Crippen molar-refractivity contribution in [2.45, 2.75) is 38.3 Å². The van der Waals surface area contributed by atoms with Crippen LogP contribution in [0.5, 0.6) is 0 Å². The number of hydrogen-bond donors (Lipinski definition) is 0. The number of nitrogens with zero attached hydrogens (tertiary/aromatic N) is 4. The molecular weight excluding hydrogens is 224 g/mol. The maximum Gasteiger partial charge on any atom is 0.140 e. The summed E-state index contributed by atoms with van der Waals surface area (Å²) in [6, 6.07) is 0.501. The van der Waals surface area contributed by atoms with Crippen molar-refractivity contribution in [1.82, 2.24) is 19.7 Å². The maximum absolute atomic E-state index is 6.04. The van der Waals surface area contributed by atoms with E-state index in [1.807, 2.05) is 11.7 Å². The average molecular weight is 243 g/mol. The summed E-state index contributed by atoms with van der Waals surface area (Å²) in [7, 11) is 1.94. The van der Waals surface area contributed by atoms with E-state index in [1.54, 1.807) is 6.33 Å². The van der Waals surface area contributed by atoms with Crippen molar-refractivity contribution in [3.63, 3.8) is 0 Å². The van der Waals surface area contributed by atoms with E-state index in [2.05, 4.69) is 15.0 Å². The second-order valence-corrected chi connectivity index (χ2v) is 4.74. The molecule has 2 rings (SSSR count). The number of alkyl halides is 1. The quantitative estimate of drug-likeness (QED) is 0.758. The van der Waals surface area contributed by atoms with Crippen LogP contribution in [-0.2, 0) is 13.6 Å². The monoisotopic (exact) mass is 242 g/mol. The van der Waals surface area contributed by atoms with E-state index in [1.165, 1.54) is 25.7 Å². The summed E-state index contributed by atoms with van der Waals surface area (Å²) in [6.07, 6.45) is 6.71. The van der Waals surface area contributed by atoms with Crippen LogP contribution in [0.2, 0.25) is 0 Å². The molecule has 1 fully saturated rings. The molecule has 1 aliphatic heterocycles. The van der Waals surface area contributed by atoms with Gasteiger partial charge in [-0.1, -0.05) is 12.8 Å². The van der Waals surface area contributed by atoms with Gasteiger partial charge in [0, 0.05) is 19.0 Å². The molecule has 1 saturated heterocycles. The van der Waals surface area contributed by atoms with Gasteiger partial charge in [0.15, 0.2) is 0 Å². The first-order chi connectivity index (χ1) is 7.81. The van der Waals surface area contributed by atoms with Crippen LogP contribution in [0.15, 0.2) is 6.33 Å². The molecule has 0 radical (unpaired) electrons. The van der Waals surface area contributed by atoms with Crippen LogP contribution >= 0.6 is 11.6 Å².